The largest absolute Gasteiger partial charge is 0.469 e. The maximum atomic E-state index is 14.4. The molecule has 0 spiro atoms. The van der Waals surface area contributed by atoms with Crippen LogP contribution in [-0.2, 0) is 33.4 Å². The number of fused-ring (bicyclic) bond motifs is 4. The van der Waals surface area contributed by atoms with Gasteiger partial charge in [0.25, 0.3) is 0 Å². The monoisotopic (exact) mass is 558 g/mol. The lowest BCUT2D eigenvalue weighted by Crippen LogP contribution is -2.62. The summed E-state index contributed by atoms with van der Waals surface area (Å²) in [5, 5.41) is 0. The number of Topliss-reactive ketones (excluding diaryl/α,β-unsaturated/α-hetero) is 3. The third-order valence-electron chi connectivity index (χ3n) is 13.0. The summed E-state index contributed by atoms with van der Waals surface area (Å²) in [7, 11) is 1.42. The number of hydrogen-bond acceptors (Lipinski definition) is 7. The summed E-state index contributed by atoms with van der Waals surface area (Å²) < 4.78 is 10.9. The second-order valence-corrected chi connectivity index (χ2v) is 15.5. The van der Waals surface area contributed by atoms with E-state index in [0.29, 0.717) is 38.5 Å². The average molecular weight is 559 g/mol. The number of ketones is 3. The molecule has 4 aliphatic rings. The Kier molecular flexibility index (Phi) is 7.54. The first-order valence-corrected chi connectivity index (χ1v) is 15.2. The predicted octanol–water partition coefficient (Wildman–Crippen LogP) is 6.04. The van der Waals surface area contributed by atoms with E-state index in [2.05, 4.69) is 13.8 Å². The molecule has 4 aliphatic carbocycles. The van der Waals surface area contributed by atoms with Gasteiger partial charge in [-0.2, -0.15) is 0 Å². The van der Waals surface area contributed by atoms with Gasteiger partial charge in [-0.05, 0) is 81.0 Å². The smallest absolute Gasteiger partial charge is 0.311 e. The third-order valence-corrected chi connectivity index (χ3v) is 13.0. The Morgan fingerprint density at radius 1 is 0.825 bits per heavy atom. The first-order valence-electron chi connectivity index (χ1n) is 15.2. The Bertz CT molecular complexity index is 1120. The molecule has 0 heterocycles. The minimum Gasteiger partial charge on any atom is -0.469 e. The molecule has 0 unspecified atom stereocenters. The van der Waals surface area contributed by atoms with Crippen LogP contribution in [0.4, 0.5) is 0 Å². The van der Waals surface area contributed by atoms with E-state index < -0.39 is 44.9 Å². The number of carbonyl (C=O) groups excluding carboxylic acids is 5. The first-order chi connectivity index (χ1) is 18.3. The van der Waals surface area contributed by atoms with Gasteiger partial charge in [-0.3, -0.25) is 24.0 Å². The number of esters is 2. The van der Waals surface area contributed by atoms with Gasteiger partial charge in [0.2, 0.25) is 5.78 Å². The highest BCUT2D eigenvalue weighted by Gasteiger charge is 2.66. The Morgan fingerprint density at radius 2 is 1.45 bits per heavy atom. The van der Waals surface area contributed by atoms with Crippen LogP contribution in [-0.4, -0.2) is 42.5 Å². The molecule has 40 heavy (non-hydrogen) atoms. The molecule has 4 fully saturated rings. The summed E-state index contributed by atoms with van der Waals surface area (Å²) in [4.78, 5) is 67.5. The Hall–Kier alpha value is -2.05. The maximum Gasteiger partial charge on any atom is 0.311 e. The number of methoxy groups -OCH3 is 1. The van der Waals surface area contributed by atoms with Crippen molar-refractivity contribution in [2.24, 2.45) is 44.3 Å². The molecule has 8 atom stereocenters. The van der Waals surface area contributed by atoms with Crippen LogP contribution in [0.15, 0.2) is 0 Å². The van der Waals surface area contributed by atoms with E-state index >= 15 is 0 Å². The van der Waals surface area contributed by atoms with Crippen LogP contribution < -0.4 is 0 Å². The average Bonchev–Trinajstić information content (AvgIpc) is 2.89. The molecule has 0 aromatic carbocycles. The van der Waals surface area contributed by atoms with Crippen LogP contribution >= 0.6 is 0 Å². The Labute approximate surface area is 239 Å². The van der Waals surface area contributed by atoms with Crippen molar-refractivity contribution in [2.75, 3.05) is 7.11 Å². The molecule has 4 rings (SSSR count). The van der Waals surface area contributed by atoms with Crippen molar-refractivity contribution in [1.82, 2.24) is 0 Å². The molecule has 0 N–H and O–H groups in total. The van der Waals surface area contributed by atoms with Crippen molar-refractivity contribution in [3.05, 3.63) is 0 Å². The van der Waals surface area contributed by atoms with E-state index in [0.717, 1.165) is 19.3 Å². The van der Waals surface area contributed by atoms with Crippen LogP contribution in [0.1, 0.15) is 120 Å². The summed E-state index contributed by atoms with van der Waals surface area (Å²) in [6.45, 7) is 15.5. The summed E-state index contributed by atoms with van der Waals surface area (Å²) in [5.74, 6) is -1.69. The summed E-state index contributed by atoms with van der Waals surface area (Å²) in [5.41, 5.74) is -3.77. The fourth-order valence-electron chi connectivity index (χ4n) is 9.79. The third kappa shape index (κ3) is 4.40. The fourth-order valence-corrected chi connectivity index (χ4v) is 9.79. The molecule has 0 aliphatic heterocycles. The Morgan fingerprint density at radius 3 is 2.05 bits per heavy atom. The summed E-state index contributed by atoms with van der Waals surface area (Å²) in [6.07, 6.45) is 4.95. The molecule has 0 saturated heterocycles. The lowest BCUT2D eigenvalue weighted by atomic mass is 9.38. The molecule has 7 heteroatoms. The highest BCUT2D eigenvalue weighted by molar-refractivity contribution is 6.39. The fraction of sp³-hybridized carbons (Fsp3) is 0.848. The second kappa shape index (κ2) is 9.76. The minimum atomic E-state index is -0.940. The van der Waals surface area contributed by atoms with Crippen LogP contribution in [0.25, 0.3) is 0 Å². The van der Waals surface area contributed by atoms with Gasteiger partial charge >= 0.3 is 11.9 Å². The van der Waals surface area contributed by atoms with Gasteiger partial charge in [0, 0.05) is 36.0 Å². The van der Waals surface area contributed by atoms with Gasteiger partial charge in [0.15, 0.2) is 5.78 Å². The normalized spacial score (nSPS) is 45.4. The van der Waals surface area contributed by atoms with Gasteiger partial charge in [-0.15, -0.1) is 0 Å². The van der Waals surface area contributed by atoms with Crippen molar-refractivity contribution in [1.29, 1.82) is 0 Å². The van der Waals surface area contributed by atoms with E-state index in [1.165, 1.54) is 14.0 Å². The molecule has 0 amide bonds. The summed E-state index contributed by atoms with van der Waals surface area (Å²) in [6, 6.07) is 0. The van der Waals surface area contributed by atoms with Crippen molar-refractivity contribution in [3.8, 4) is 0 Å². The number of hydrogen-bond donors (Lipinski definition) is 0. The standard InChI is InChI=1S/C33H50O7/c1-20(34)40-25-11-12-31(6)22(28(25,2)3)18-21(35)26(37)33(8)17-16-29(4)14-15-30(5,27(38)39-9)19-23(29)32(33,7)13-10-24(31)36/h22-23,25H,10-19H2,1-9H3/t22-,23+,25-,29+,30+,31-,32-,33+/m0/s1. The predicted molar refractivity (Wildman–Crippen MR) is 150 cm³/mol. The highest BCUT2D eigenvalue weighted by Crippen LogP contribution is 2.69. The molecular weight excluding hydrogens is 508 g/mol. The molecular formula is C33H50O7. The molecule has 0 aromatic heterocycles. The van der Waals surface area contributed by atoms with E-state index in [9.17, 15) is 24.0 Å². The van der Waals surface area contributed by atoms with Gasteiger partial charge in [0.1, 0.15) is 11.9 Å². The van der Waals surface area contributed by atoms with Gasteiger partial charge in [-0.25, -0.2) is 0 Å². The van der Waals surface area contributed by atoms with Gasteiger partial charge in [-0.1, -0.05) is 41.5 Å². The molecule has 4 saturated carbocycles. The maximum absolute atomic E-state index is 14.4. The van der Waals surface area contributed by atoms with Gasteiger partial charge < -0.3 is 9.47 Å². The topological polar surface area (TPSA) is 104 Å². The lowest BCUT2D eigenvalue weighted by Gasteiger charge is -2.64. The molecule has 224 valence electrons. The van der Waals surface area contributed by atoms with Crippen LogP contribution in [0.5, 0.6) is 0 Å². The molecule has 7 nitrogen and oxygen atoms in total. The van der Waals surface area contributed by atoms with Gasteiger partial charge in [0.05, 0.1) is 12.5 Å². The number of ether oxygens (including phenoxy) is 2. The van der Waals surface area contributed by atoms with E-state index in [-0.39, 0.29) is 41.3 Å². The van der Waals surface area contributed by atoms with Crippen molar-refractivity contribution >= 4 is 29.3 Å². The SMILES string of the molecule is COC(=O)[C@]1(C)CC[C@]2(C)CC[C@]3(C)C(=O)C(=O)C[C@H]4C(C)(C)[C@@H](OC(C)=O)CC[C@]4(C)C(=O)CC[C@@]3(C)[C@@H]2C1. The van der Waals surface area contributed by atoms with Crippen molar-refractivity contribution in [3.63, 3.8) is 0 Å². The zero-order valence-corrected chi connectivity index (χ0v) is 26.2. The Balaban J connectivity index is 1.79. The van der Waals surface area contributed by atoms with E-state index in [1.807, 2.05) is 34.6 Å². The number of carbonyl (C=O) groups is 5. The van der Waals surface area contributed by atoms with Crippen LogP contribution in [0.2, 0.25) is 0 Å². The van der Waals surface area contributed by atoms with E-state index in [1.54, 1.807) is 0 Å². The van der Waals surface area contributed by atoms with E-state index in [4.69, 9.17) is 9.47 Å². The van der Waals surface area contributed by atoms with Crippen molar-refractivity contribution < 1.29 is 33.4 Å². The van der Waals surface area contributed by atoms with Crippen LogP contribution in [0.3, 0.4) is 0 Å². The second-order valence-electron chi connectivity index (χ2n) is 15.5. The molecule has 0 aromatic rings. The zero-order chi connectivity index (χ0) is 30.1. The highest BCUT2D eigenvalue weighted by atomic mass is 16.5. The summed E-state index contributed by atoms with van der Waals surface area (Å²) >= 11 is 0. The molecule has 0 radical (unpaired) electrons. The number of rotatable bonds is 2. The quantitative estimate of drug-likeness (QED) is 0.300. The zero-order valence-electron chi connectivity index (χ0n) is 26.2. The lowest BCUT2D eigenvalue weighted by molar-refractivity contribution is -0.189. The first kappa shape index (κ1) is 30.9. The minimum absolute atomic E-state index is 0.0136. The molecule has 0 bridgehead atoms. The van der Waals surface area contributed by atoms with Crippen molar-refractivity contribution in [2.45, 2.75) is 126 Å². The van der Waals surface area contributed by atoms with Crippen LogP contribution in [0, 0.1) is 44.3 Å².